The molecule has 0 N–H and O–H groups in total. The van der Waals surface area contributed by atoms with Crippen LogP contribution in [0.4, 0.5) is 0 Å². The van der Waals surface area contributed by atoms with Crippen molar-refractivity contribution in [2.24, 2.45) is 0 Å². The van der Waals surface area contributed by atoms with Crippen molar-refractivity contribution < 1.29 is 0 Å². The van der Waals surface area contributed by atoms with E-state index in [1.54, 1.807) is 6.20 Å². The van der Waals surface area contributed by atoms with Gasteiger partial charge in [0, 0.05) is 12.7 Å². The summed E-state index contributed by atoms with van der Waals surface area (Å²) in [5, 5.41) is 12.9. The van der Waals surface area contributed by atoms with E-state index in [4.69, 9.17) is 5.26 Å². The van der Waals surface area contributed by atoms with Crippen molar-refractivity contribution in [3.63, 3.8) is 0 Å². The number of rotatable bonds is 4. The molecular formula is C9H10IN3. The maximum absolute atomic E-state index is 8.68. The number of unbranched alkanes of at least 4 members (excludes halogenated alkanes) is 1. The molecular weight excluding hydrogens is 277 g/mol. The fourth-order valence-electron chi connectivity index (χ4n) is 0.985. The molecule has 3 nitrogen and oxygen atoms in total. The zero-order valence-corrected chi connectivity index (χ0v) is 9.36. The van der Waals surface area contributed by atoms with Crippen LogP contribution < -0.4 is 0 Å². The quantitative estimate of drug-likeness (QED) is 0.484. The summed E-state index contributed by atoms with van der Waals surface area (Å²) in [7, 11) is 0. The van der Waals surface area contributed by atoms with Crippen molar-refractivity contribution in [2.75, 3.05) is 0 Å². The molecule has 0 saturated carbocycles. The molecule has 0 aliphatic heterocycles. The molecule has 68 valence electrons. The average molecular weight is 287 g/mol. The van der Waals surface area contributed by atoms with Gasteiger partial charge < -0.3 is 0 Å². The van der Waals surface area contributed by atoms with Crippen LogP contribution in [0.15, 0.2) is 18.9 Å². The zero-order chi connectivity index (χ0) is 9.68. The third-order valence-electron chi connectivity index (χ3n) is 1.63. The van der Waals surface area contributed by atoms with Crippen molar-refractivity contribution in [1.29, 1.82) is 5.26 Å². The largest absolute Gasteiger partial charge is 0.270 e. The van der Waals surface area contributed by atoms with Gasteiger partial charge in [0.25, 0.3) is 0 Å². The Bertz CT molecular complexity index is 335. The first kappa shape index (κ1) is 10.3. The molecule has 1 rings (SSSR count). The smallest absolute Gasteiger partial charge is 0.141 e. The van der Waals surface area contributed by atoms with Gasteiger partial charge in [0.05, 0.1) is 0 Å². The molecule has 13 heavy (non-hydrogen) atoms. The number of nitrogens with zero attached hydrogens (tertiary/aromatic N) is 3. The molecule has 1 aromatic rings. The zero-order valence-electron chi connectivity index (χ0n) is 7.20. The summed E-state index contributed by atoms with van der Waals surface area (Å²) in [6, 6.07) is 2.10. The second kappa shape index (κ2) is 5.02. The highest BCUT2D eigenvalue weighted by Crippen LogP contribution is 2.08. The van der Waals surface area contributed by atoms with Crippen LogP contribution in [0, 0.1) is 15.0 Å². The van der Waals surface area contributed by atoms with Gasteiger partial charge in [-0.25, -0.2) is 0 Å². The number of halogens is 1. The number of hydrogen-bond donors (Lipinski definition) is 0. The lowest BCUT2D eigenvalue weighted by molar-refractivity contribution is 0.580. The summed E-state index contributed by atoms with van der Waals surface area (Å²) in [5.41, 5.74) is 0.652. The highest BCUT2D eigenvalue weighted by Gasteiger charge is 2.03. The van der Waals surface area contributed by atoms with E-state index >= 15 is 0 Å². The van der Waals surface area contributed by atoms with Crippen molar-refractivity contribution in [2.45, 2.75) is 19.4 Å². The highest BCUT2D eigenvalue weighted by molar-refractivity contribution is 14.1. The first-order chi connectivity index (χ1) is 6.27. The molecule has 1 aromatic heterocycles. The van der Waals surface area contributed by atoms with E-state index in [-0.39, 0.29) is 0 Å². The normalized spacial score (nSPS) is 9.54. The van der Waals surface area contributed by atoms with Gasteiger partial charge in [-0.3, -0.25) is 4.68 Å². The maximum Gasteiger partial charge on any atom is 0.141 e. The second-order valence-corrected chi connectivity index (χ2v) is 3.66. The summed E-state index contributed by atoms with van der Waals surface area (Å²) in [5.74, 6) is 0. The Morgan fingerprint density at radius 2 is 2.54 bits per heavy atom. The topological polar surface area (TPSA) is 41.6 Å². The lowest BCUT2D eigenvalue weighted by atomic mass is 10.3. The molecule has 0 radical (unpaired) electrons. The minimum atomic E-state index is 0.652. The van der Waals surface area contributed by atoms with E-state index in [1.807, 2.05) is 10.8 Å². The third kappa shape index (κ3) is 2.84. The minimum Gasteiger partial charge on any atom is -0.270 e. The lowest BCUT2D eigenvalue weighted by Gasteiger charge is -1.96. The van der Waals surface area contributed by atoms with E-state index in [1.165, 1.54) is 0 Å². The molecule has 0 atom stereocenters. The van der Waals surface area contributed by atoms with Crippen LogP contribution in [0.2, 0.25) is 0 Å². The van der Waals surface area contributed by atoms with E-state index in [2.05, 4.69) is 40.3 Å². The summed E-state index contributed by atoms with van der Waals surface area (Å²) >= 11 is 2.07. The molecule has 0 aromatic carbocycles. The molecule has 1 heterocycles. The van der Waals surface area contributed by atoms with Gasteiger partial charge in [0.15, 0.2) is 0 Å². The summed E-state index contributed by atoms with van der Waals surface area (Å²) in [6.45, 7) is 4.50. The molecule has 0 spiro atoms. The molecule has 4 heteroatoms. The Kier molecular flexibility index (Phi) is 3.96. The minimum absolute atomic E-state index is 0.652. The molecule has 0 unspecified atom stereocenters. The standard InChI is InChI=1S/C9H10IN3/c1-2-3-4-5-13-7-8(6-11)9(10)12-13/h2,7H,1,3-5H2. The van der Waals surface area contributed by atoms with Gasteiger partial charge in [-0.1, -0.05) is 6.08 Å². The SMILES string of the molecule is C=CCCCn1cc(C#N)c(I)n1. The summed E-state index contributed by atoms with van der Waals surface area (Å²) < 4.78 is 2.59. The first-order valence-corrected chi connectivity index (χ1v) is 5.09. The Morgan fingerprint density at radius 3 is 3.08 bits per heavy atom. The van der Waals surface area contributed by atoms with Crippen LogP contribution in [-0.4, -0.2) is 9.78 Å². The van der Waals surface area contributed by atoms with E-state index in [0.29, 0.717) is 5.56 Å². The highest BCUT2D eigenvalue weighted by atomic mass is 127. The number of nitriles is 1. The predicted molar refractivity (Wildman–Crippen MR) is 59.1 cm³/mol. The molecule has 0 amide bonds. The van der Waals surface area contributed by atoms with Gasteiger partial charge in [-0.05, 0) is 35.4 Å². The van der Waals surface area contributed by atoms with Gasteiger partial charge in [0.1, 0.15) is 15.3 Å². The van der Waals surface area contributed by atoms with Crippen molar-refractivity contribution in [3.05, 3.63) is 28.1 Å². The Morgan fingerprint density at radius 1 is 1.77 bits per heavy atom. The van der Waals surface area contributed by atoms with Crippen LogP contribution in [0.5, 0.6) is 0 Å². The van der Waals surface area contributed by atoms with Crippen LogP contribution in [-0.2, 0) is 6.54 Å². The van der Waals surface area contributed by atoms with Gasteiger partial charge in [-0.15, -0.1) is 6.58 Å². The van der Waals surface area contributed by atoms with E-state index in [0.717, 1.165) is 23.1 Å². The number of allylic oxidation sites excluding steroid dienone is 1. The van der Waals surface area contributed by atoms with Crippen LogP contribution in [0.3, 0.4) is 0 Å². The van der Waals surface area contributed by atoms with Crippen molar-refractivity contribution in [3.8, 4) is 6.07 Å². The fourth-order valence-corrected chi connectivity index (χ4v) is 1.52. The molecule has 0 bridgehead atoms. The average Bonchev–Trinajstić information content (AvgIpc) is 2.47. The van der Waals surface area contributed by atoms with E-state index < -0.39 is 0 Å². The molecule has 0 saturated heterocycles. The van der Waals surface area contributed by atoms with Gasteiger partial charge in [0.2, 0.25) is 0 Å². The summed E-state index contributed by atoms with van der Waals surface area (Å²) in [4.78, 5) is 0. The van der Waals surface area contributed by atoms with Crippen LogP contribution in [0.1, 0.15) is 18.4 Å². The molecule has 0 aliphatic rings. The molecule has 0 aliphatic carbocycles. The number of hydrogen-bond acceptors (Lipinski definition) is 2. The Labute approximate surface area is 91.2 Å². The van der Waals surface area contributed by atoms with E-state index in [9.17, 15) is 0 Å². The lowest BCUT2D eigenvalue weighted by Crippen LogP contribution is -1.97. The first-order valence-electron chi connectivity index (χ1n) is 4.02. The van der Waals surface area contributed by atoms with Crippen molar-refractivity contribution in [1.82, 2.24) is 9.78 Å². The second-order valence-electron chi connectivity index (χ2n) is 2.64. The van der Waals surface area contributed by atoms with Gasteiger partial charge >= 0.3 is 0 Å². The fraction of sp³-hybridized carbons (Fsp3) is 0.333. The summed E-state index contributed by atoms with van der Waals surface area (Å²) in [6.07, 6.45) is 5.68. The Balaban J connectivity index is 2.59. The van der Waals surface area contributed by atoms with Crippen LogP contribution in [0.25, 0.3) is 0 Å². The number of aromatic nitrogens is 2. The Hall–Kier alpha value is -0.830. The maximum atomic E-state index is 8.68. The van der Waals surface area contributed by atoms with Crippen molar-refractivity contribution >= 4 is 22.6 Å². The number of aryl methyl sites for hydroxylation is 1. The third-order valence-corrected chi connectivity index (χ3v) is 2.43. The predicted octanol–water partition coefficient (Wildman–Crippen LogP) is 2.33. The van der Waals surface area contributed by atoms with Gasteiger partial charge in [-0.2, -0.15) is 10.4 Å². The molecule has 0 fully saturated rings. The monoisotopic (exact) mass is 287 g/mol. The van der Waals surface area contributed by atoms with Crippen LogP contribution >= 0.6 is 22.6 Å².